The average molecular weight is 309 g/mol. The summed E-state index contributed by atoms with van der Waals surface area (Å²) >= 11 is 0. The van der Waals surface area contributed by atoms with Gasteiger partial charge in [0.2, 0.25) is 6.79 Å². The van der Waals surface area contributed by atoms with Crippen LogP contribution in [0.4, 0.5) is 5.69 Å². The lowest BCUT2D eigenvalue weighted by Gasteiger charge is -2.06. The first kappa shape index (κ1) is 13.3. The maximum atomic E-state index is 12.2. The fourth-order valence-corrected chi connectivity index (χ4v) is 2.13. The van der Waals surface area contributed by atoms with Gasteiger partial charge < -0.3 is 14.8 Å². The molecule has 0 saturated heterocycles. The van der Waals surface area contributed by atoms with Crippen LogP contribution >= 0.6 is 0 Å². The van der Waals surface area contributed by atoms with Crippen molar-refractivity contribution < 1.29 is 14.3 Å². The maximum absolute atomic E-state index is 12.2. The van der Waals surface area contributed by atoms with Crippen molar-refractivity contribution in [2.45, 2.75) is 0 Å². The summed E-state index contributed by atoms with van der Waals surface area (Å²) in [7, 11) is 0. The Balaban J connectivity index is 1.50. The van der Waals surface area contributed by atoms with E-state index in [0.29, 0.717) is 28.7 Å². The van der Waals surface area contributed by atoms with Crippen LogP contribution in [0.25, 0.3) is 5.95 Å². The van der Waals surface area contributed by atoms with Crippen LogP contribution in [0, 0.1) is 0 Å². The Labute approximate surface area is 130 Å². The first-order chi connectivity index (χ1) is 11.3. The molecule has 1 aromatic carbocycles. The van der Waals surface area contributed by atoms with E-state index in [9.17, 15) is 4.79 Å². The molecule has 1 aliphatic heterocycles. The fourth-order valence-electron chi connectivity index (χ4n) is 2.13. The second-order valence-corrected chi connectivity index (χ2v) is 4.74. The third-order valence-electron chi connectivity index (χ3n) is 3.24. The first-order valence-corrected chi connectivity index (χ1v) is 6.83. The highest BCUT2D eigenvalue weighted by molar-refractivity contribution is 6.04. The predicted molar refractivity (Wildman–Crippen MR) is 79.7 cm³/mol. The quantitative estimate of drug-likeness (QED) is 0.791. The zero-order valence-corrected chi connectivity index (χ0v) is 11.8. The van der Waals surface area contributed by atoms with Crippen LogP contribution in [-0.2, 0) is 0 Å². The van der Waals surface area contributed by atoms with Crippen molar-refractivity contribution in [3.63, 3.8) is 0 Å². The number of amides is 1. The average Bonchev–Trinajstić information content (AvgIpc) is 3.26. The smallest absolute Gasteiger partial charge is 0.255 e. The third-order valence-corrected chi connectivity index (χ3v) is 3.24. The summed E-state index contributed by atoms with van der Waals surface area (Å²) < 4.78 is 12.0. The molecule has 1 aliphatic rings. The molecular formula is C15H11N5O3. The molecule has 8 nitrogen and oxygen atoms in total. The summed E-state index contributed by atoms with van der Waals surface area (Å²) in [5.41, 5.74) is 0.953. The molecule has 0 bridgehead atoms. The van der Waals surface area contributed by atoms with Crippen molar-refractivity contribution in [2.24, 2.45) is 0 Å². The van der Waals surface area contributed by atoms with Crippen LogP contribution in [0.15, 0.2) is 49.1 Å². The number of hydrogen-bond donors (Lipinski definition) is 1. The molecule has 2 aromatic heterocycles. The van der Waals surface area contributed by atoms with Crippen LogP contribution in [0.5, 0.6) is 11.5 Å². The Bertz CT molecular complexity index is 846. The van der Waals surface area contributed by atoms with E-state index >= 15 is 0 Å². The largest absolute Gasteiger partial charge is 0.454 e. The maximum Gasteiger partial charge on any atom is 0.255 e. The second-order valence-electron chi connectivity index (χ2n) is 4.74. The number of fused-ring (bicyclic) bond motifs is 1. The van der Waals surface area contributed by atoms with Gasteiger partial charge >= 0.3 is 0 Å². The lowest BCUT2D eigenvalue weighted by molar-refractivity contribution is 0.102. The van der Waals surface area contributed by atoms with E-state index in [1.165, 1.54) is 17.1 Å². The van der Waals surface area contributed by atoms with Crippen LogP contribution in [-0.4, -0.2) is 32.4 Å². The van der Waals surface area contributed by atoms with E-state index < -0.39 is 0 Å². The number of nitrogens with one attached hydrogen (secondary N) is 1. The van der Waals surface area contributed by atoms with E-state index in [-0.39, 0.29) is 12.7 Å². The summed E-state index contributed by atoms with van der Waals surface area (Å²) in [4.78, 5) is 20.6. The summed E-state index contributed by atoms with van der Waals surface area (Å²) in [6.45, 7) is 0.170. The molecule has 1 N–H and O–H groups in total. The number of nitrogens with zero attached hydrogens (tertiary/aromatic N) is 4. The molecule has 0 spiro atoms. The molecule has 23 heavy (non-hydrogen) atoms. The number of carbonyl (C=O) groups excluding carboxylic acids is 1. The number of anilines is 1. The Hall–Kier alpha value is -3.42. The molecule has 0 fully saturated rings. The number of rotatable bonds is 3. The Kier molecular flexibility index (Phi) is 3.12. The molecule has 0 radical (unpaired) electrons. The number of aromatic nitrogens is 4. The predicted octanol–water partition coefficient (Wildman–Crippen LogP) is 1.64. The molecule has 0 atom stereocenters. The lowest BCUT2D eigenvalue weighted by Crippen LogP contribution is -2.13. The fraction of sp³-hybridized carbons (Fsp3) is 0.0667. The minimum Gasteiger partial charge on any atom is -0.454 e. The molecule has 3 aromatic rings. The van der Waals surface area contributed by atoms with Gasteiger partial charge in [-0.05, 0) is 24.3 Å². The third kappa shape index (κ3) is 2.57. The molecule has 1 amide bonds. The highest BCUT2D eigenvalue weighted by Crippen LogP contribution is 2.32. The van der Waals surface area contributed by atoms with Crippen molar-refractivity contribution in [1.29, 1.82) is 0 Å². The van der Waals surface area contributed by atoms with E-state index in [0.717, 1.165) is 0 Å². The Morgan fingerprint density at radius 3 is 2.78 bits per heavy atom. The molecular weight excluding hydrogens is 298 g/mol. The molecule has 0 saturated carbocycles. The van der Waals surface area contributed by atoms with Gasteiger partial charge in [-0.1, -0.05) is 0 Å². The van der Waals surface area contributed by atoms with E-state index in [1.807, 2.05) is 0 Å². The van der Waals surface area contributed by atoms with Gasteiger partial charge in [0.25, 0.3) is 11.9 Å². The highest BCUT2D eigenvalue weighted by Gasteiger charge is 2.16. The van der Waals surface area contributed by atoms with Crippen molar-refractivity contribution >= 4 is 11.6 Å². The van der Waals surface area contributed by atoms with Crippen LogP contribution in [0.3, 0.4) is 0 Å². The van der Waals surface area contributed by atoms with Crippen molar-refractivity contribution in [3.8, 4) is 17.4 Å². The van der Waals surface area contributed by atoms with Gasteiger partial charge in [0.05, 0.1) is 18.1 Å². The van der Waals surface area contributed by atoms with Crippen molar-refractivity contribution in [3.05, 3.63) is 54.6 Å². The van der Waals surface area contributed by atoms with Crippen LogP contribution in [0.1, 0.15) is 10.4 Å². The summed E-state index contributed by atoms with van der Waals surface area (Å²) in [6.07, 6.45) is 6.42. The zero-order valence-electron chi connectivity index (χ0n) is 11.8. The Morgan fingerprint density at radius 2 is 2.00 bits per heavy atom. The standard InChI is InChI=1S/C15H11N5O3/c21-14(10-2-3-12-13(6-10)23-9-22-12)19-11-7-16-15(17-8-11)20-5-1-4-18-20/h1-8H,9H2,(H,19,21). The van der Waals surface area contributed by atoms with E-state index in [2.05, 4.69) is 20.4 Å². The van der Waals surface area contributed by atoms with Gasteiger partial charge in [-0.2, -0.15) is 5.10 Å². The molecule has 0 unspecified atom stereocenters. The monoisotopic (exact) mass is 309 g/mol. The molecule has 8 heteroatoms. The van der Waals surface area contributed by atoms with Crippen molar-refractivity contribution in [2.75, 3.05) is 12.1 Å². The molecule has 0 aliphatic carbocycles. The van der Waals surface area contributed by atoms with Gasteiger partial charge in [-0.15, -0.1) is 0 Å². The summed E-state index contributed by atoms with van der Waals surface area (Å²) in [6, 6.07) is 6.78. The van der Waals surface area contributed by atoms with Crippen LogP contribution in [0.2, 0.25) is 0 Å². The number of carbonyl (C=O) groups is 1. The van der Waals surface area contributed by atoms with Gasteiger partial charge in [-0.3, -0.25) is 4.79 Å². The van der Waals surface area contributed by atoms with E-state index in [1.54, 1.807) is 36.7 Å². The summed E-state index contributed by atoms with van der Waals surface area (Å²) in [5, 5.41) is 6.77. The van der Waals surface area contributed by atoms with Gasteiger partial charge in [-0.25, -0.2) is 14.6 Å². The zero-order chi connectivity index (χ0) is 15.6. The second kappa shape index (κ2) is 5.41. The minimum atomic E-state index is -0.279. The van der Waals surface area contributed by atoms with E-state index in [4.69, 9.17) is 9.47 Å². The normalized spacial score (nSPS) is 12.2. The van der Waals surface area contributed by atoms with Crippen LogP contribution < -0.4 is 14.8 Å². The van der Waals surface area contributed by atoms with Gasteiger partial charge in [0.15, 0.2) is 11.5 Å². The van der Waals surface area contributed by atoms with Gasteiger partial charge in [0.1, 0.15) is 0 Å². The lowest BCUT2D eigenvalue weighted by atomic mass is 10.2. The molecule has 4 rings (SSSR count). The molecule has 114 valence electrons. The summed E-state index contributed by atoms with van der Waals surface area (Å²) in [5.74, 6) is 1.34. The first-order valence-electron chi connectivity index (χ1n) is 6.83. The topological polar surface area (TPSA) is 91.2 Å². The van der Waals surface area contributed by atoms with Gasteiger partial charge in [0, 0.05) is 18.0 Å². The number of hydrogen-bond acceptors (Lipinski definition) is 6. The van der Waals surface area contributed by atoms with Crippen molar-refractivity contribution in [1.82, 2.24) is 19.7 Å². The molecule has 3 heterocycles. The minimum absolute atomic E-state index is 0.170. The number of ether oxygens (including phenoxy) is 2. The highest BCUT2D eigenvalue weighted by atomic mass is 16.7. The SMILES string of the molecule is O=C(Nc1cnc(-n2cccn2)nc1)c1ccc2c(c1)OCO2. The Morgan fingerprint density at radius 1 is 1.17 bits per heavy atom. The number of benzene rings is 1.